The molecule has 184 valence electrons. The number of carbonyl (C=O) groups excluding carboxylic acids is 2. The normalized spacial score (nSPS) is 28.6. The van der Waals surface area contributed by atoms with Crippen molar-refractivity contribution in [3.8, 4) is 0 Å². The monoisotopic (exact) mass is 474 g/mol. The van der Waals surface area contributed by atoms with Crippen molar-refractivity contribution in [1.82, 2.24) is 14.9 Å². The van der Waals surface area contributed by atoms with Gasteiger partial charge in [0.1, 0.15) is 18.8 Å². The van der Waals surface area contributed by atoms with Crippen LogP contribution >= 0.6 is 0 Å². The molecule has 2 heterocycles. The second kappa shape index (κ2) is 9.34. The molecule has 2 aromatic rings. The zero-order chi connectivity index (χ0) is 23.8. The third kappa shape index (κ3) is 4.83. The Kier molecular flexibility index (Phi) is 6.04. The van der Waals surface area contributed by atoms with Gasteiger partial charge in [0.2, 0.25) is 11.8 Å². The smallest absolute Gasteiger partial charge is 0.248 e. The lowest BCUT2D eigenvalue weighted by atomic mass is 9.49. The number of amides is 2. The molecule has 2 amide bonds. The van der Waals surface area contributed by atoms with Crippen LogP contribution in [0.25, 0.3) is 0 Å². The van der Waals surface area contributed by atoms with Gasteiger partial charge in [0.25, 0.3) is 0 Å². The van der Waals surface area contributed by atoms with Gasteiger partial charge in [-0.15, -0.1) is 0 Å². The van der Waals surface area contributed by atoms with Crippen LogP contribution in [0.4, 0.5) is 5.82 Å². The van der Waals surface area contributed by atoms with Gasteiger partial charge in [-0.05, 0) is 73.7 Å². The van der Waals surface area contributed by atoms with E-state index in [9.17, 15) is 9.59 Å². The fourth-order valence-corrected chi connectivity index (χ4v) is 7.62. The Morgan fingerprint density at radius 1 is 1.03 bits per heavy atom. The zero-order valence-corrected chi connectivity index (χ0v) is 20.2. The summed E-state index contributed by atoms with van der Waals surface area (Å²) in [7, 11) is 0. The molecular formula is C28H34N4O3. The Balaban J connectivity index is 1.05. The Morgan fingerprint density at radius 3 is 2.46 bits per heavy atom. The van der Waals surface area contributed by atoms with Crippen molar-refractivity contribution in [1.29, 1.82) is 0 Å². The summed E-state index contributed by atoms with van der Waals surface area (Å²) in [6.07, 6.45) is 10.5. The van der Waals surface area contributed by atoms with E-state index in [4.69, 9.17) is 4.74 Å². The van der Waals surface area contributed by atoms with Crippen molar-refractivity contribution in [2.45, 2.75) is 64.5 Å². The molecule has 7 rings (SSSR count). The molecular weight excluding hydrogens is 440 g/mol. The summed E-state index contributed by atoms with van der Waals surface area (Å²) < 4.78 is 5.63. The average molecular weight is 475 g/mol. The van der Waals surface area contributed by atoms with Gasteiger partial charge in [0.15, 0.2) is 0 Å². The van der Waals surface area contributed by atoms with E-state index in [-0.39, 0.29) is 23.8 Å². The largest absolute Gasteiger partial charge is 0.367 e. The number of anilines is 1. The minimum absolute atomic E-state index is 0.0439. The summed E-state index contributed by atoms with van der Waals surface area (Å²) >= 11 is 0. The van der Waals surface area contributed by atoms with E-state index in [0.717, 1.165) is 34.6 Å². The fraction of sp³-hybridized carbons (Fsp3) is 0.571. The number of benzene rings is 1. The maximum atomic E-state index is 13.1. The number of nitrogens with one attached hydrogen (secondary N) is 1. The minimum atomic E-state index is -0.0439. The van der Waals surface area contributed by atoms with Gasteiger partial charge in [0, 0.05) is 18.5 Å². The highest BCUT2D eigenvalue weighted by molar-refractivity contribution is 5.91. The van der Waals surface area contributed by atoms with Crippen molar-refractivity contribution in [3.05, 3.63) is 53.5 Å². The highest BCUT2D eigenvalue weighted by atomic mass is 16.5. The minimum Gasteiger partial charge on any atom is -0.367 e. The topological polar surface area (TPSA) is 84.4 Å². The third-order valence-corrected chi connectivity index (χ3v) is 8.66. The fourth-order valence-electron chi connectivity index (χ4n) is 7.62. The number of hydrogen-bond acceptors (Lipinski definition) is 5. The van der Waals surface area contributed by atoms with Gasteiger partial charge < -0.3 is 15.0 Å². The predicted octanol–water partition coefficient (Wildman–Crippen LogP) is 4.12. The Labute approximate surface area is 206 Å². The van der Waals surface area contributed by atoms with Gasteiger partial charge in [-0.25, -0.2) is 9.97 Å². The molecule has 0 radical (unpaired) electrons. The van der Waals surface area contributed by atoms with Crippen LogP contribution in [0, 0.1) is 23.2 Å². The molecule has 4 saturated carbocycles. The number of rotatable bonds is 7. The van der Waals surface area contributed by atoms with Gasteiger partial charge in [0.05, 0.1) is 18.8 Å². The number of hydrogen-bond donors (Lipinski definition) is 1. The van der Waals surface area contributed by atoms with Gasteiger partial charge >= 0.3 is 0 Å². The van der Waals surface area contributed by atoms with Crippen LogP contribution < -0.4 is 5.32 Å². The van der Waals surface area contributed by atoms with Crippen LogP contribution in [0.5, 0.6) is 0 Å². The van der Waals surface area contributed by atoms with Crippen LogP contribution in [0.1, 0.15) is 61.8 Å². The first-order valence-electron chi connectivity index (χ1n) is 13.1. The summed E-state index contributed by atoms with van der Waals surface area (Å²) in [5.74, 6) is 3.17. The number of carbonyl (C=O) groups is 2. The second-order valence-corrected chi connectivity index (χ2v) is 11.3. The maximum absolute atomic E-state index is 13.1. The molecule has 7 nitrogen and oxygen atoms in total. The lowest BCUT2D eigenvalue weighted by Gasteiger charge is -2.56. The molecule has 0 saturated heterocycles. The standard InChI is InChI=1S/C28H34N4O3/c33-25(14-28-11-20-8-21(12-28)10-22(9-20)13-28)31-27-23-6-7-32(15-24(23)29-18-30-27)26(34)17-35-16-19-4-2-1-3-5-19/h1-5,18,20-22H,6-17H2,(H,29,30,31,33). The van der Waals surface area contributed by atoms with Crippen LogP contribution in [0.3, 0.4) is 0 Å². The number of fused-ring (bicyclic) bond motifs is 1. The third-order valence-electron chi connectivity index (χ3n) is 8.66. The summed E-state index contributed by atoms with van der Waals surface area (Å²) in [6, 6.07) is 9.85. The lowest BCUT2D eigenvalue weighted by molar-refractivity contribution is -0.137. The van der Waals surface area contributed by atoms with E-state index in [2.05, 4.69) is 15.3 Å². The first kappa shape index (κ1) is 22.7. The first-order chi connectivity index (χ1) is 17.1. The molecule has 0 spiro atoms. The molecule has 1 aromatic carbocycles. The van der Waals surface area contributed by atoms with E-state index in [0.29, 0.717) is 38.4 Å². The van der Waals surface area contributed by atoms with Crippen LogP contribution in [-0.4, -0.2) is 39.8 Å². The van der Waals surface area contributed by atoms with Crippen molar-refractivity contribution in [3.63, 3.8) is 0 Å². The molecule has 5 aliphatic rings. The number of ether oxygens (including phenoxy) is 1. The molecule has 35 heavy (non-hydrogen) atoms. The quantitative estimate of drug-likeness (QED) is 0.653. The molecule has 4 bridgehead atoms. The highest BCUT2D eigenvalue weighted by Crippen LogP contribution is 2.61. The van der Waals surface area contributed by atoms with Crippen LogP contribution in [-0.2, 0) is 33.9 Å². The zero-order valence-electron chi connectivity index (χ0n) is 20.2. The first-order valence-corrected chi connectivity index (χ1v) is 13.1. The molecule has 0 atom stereocenters. The Morgan fingerprint density at radius 2 is 1.74 bits per heavy atom. The highest BCUT2D eigenvalue weighted by Gasteiger charge is 2.51. The number of aromatic nitrogens is 2. The summed E-state index contributed by atoms with van der Waals surface area (Å²) in [4.78, 5) is 36.5. The van der Waals surface area contributed by atoms with E-state index in [1.165, 1.54) is 44.9 Å². The van der Waals surface area contributed by atoms with Crippen molar-refractivity contribution in [2.75, 3.05) is 18.5 Å². The average Bonchev–Trinajstić information content (AvgIpc) is 2.83. The van der Waals surface area contributed by atoms with Crippen molar-refractivity contribution < 1.29 is 14.3 Å². The molecule has 1 N–H and O–H groups in total. The second-order valence-electron chi connectivity index (χ2n) is 11.3. The van der Waals surface area contributed by atoms with Gasteiger partial charge in [-0.1, -0.05) is 30.3 Å². The Bertz CT molecular complexity index is 1070. The lowest BCUT2D eigenvalue weighted by Crippen LogP contribution is -2.47. The SMILES string of the molecule is O=C(CC12CC3CC(CC(C3)C1)C2)Nc1ncnc2c1CCN(C(=O)COCc1ccccc1)C2. The van der Waals surface area contributed by atoms with Crippen LogP contribution in [0.15, 0.2) is 36.7 Å². The maximum Gasteiger partial charge on any atom is 0.248 e. The van der Waals surface area contributed by atoms with Crippen molar-refractivity contribution in [2.24, 2.45) is 23.2 Å². The Hall–Kier alpha value is -2.80. The molecule has 4 aliphatic carbocycles. The molecule has 0 unspecified atom stereocenters. The van der Waals surface area contributed by atoms with E-state index in [1.807, 2.05) is 30.3 Å². The molecule has 1 aliphatic heterocycles. The molecule has 7 heteroatoms. The molecule has 1 aromatic heterocycles. The summed E-state index contributed by atoms with van der Waals surface area (Å²) in [5, 5.41) is 3.12. The van der Waals surface area contributed by atoms with Gasteiger partial charge in [-0.3, -0.25) is 9.59 Å². The summed E-state index contributed by atoms with van der Waals surface area (Å²) in [6.45, 7) is 1.46. The predicted molar refractivity (Wildman–Crippen MR) is 131 cm³/mol. The van der Waals surface area contributed by atoms with E-state index in [1.54, 1.807) is 4.90 Å². The summed E-state index contributed by atoms with van der Waals surface area (Å²) in [5.41, 5.74) is 3.02. The van der Waals surface area contributed by atoms with Gasteiger partial charge in [-0.2, -0.15) is 0 Å². The van der Waals surface area contributed by atoms with Crippen LogP contribution in [0.2, 0.25) is 0 Å². The van der Waals surface area contributed by atoms with E-state index < -0.39 is 0 Å². The number of nitrogens with zero attached hydrogens (tertiary/aromatic N) is 3. The molecule has 4 fully saturated rings. The van der Waals surface area contributed by atoms with E-state index >= 15 is 0 Å². The van der Waals surface area contributed by atoms with Crippen molar-refractivity contribution >= 4 is 17.6 Å².